The molecule has 2 aromatic heterocycles. The molecule has 0 spiro atoms. The monoisotopic (exact) mass is 414 g/mol. The summed E-state index contributed by atoms with van der Waals surface area (Å²) in [7, 11) is -3.81. The van der Waals surface area contributed by atoms with Crippen molar-refractivity contribution >= 4 is 21.4 Å². The fraction of sp³-hybridized carbons (Fsp3) is 0. The Balaban J connectivity index is 1.79. The van der Waals surface area contributed by atoms with Crippen LogP contribution in [0.3, 0.4) is 0 Å². The number of sulfonamides is 1. The van der Waals surface area contributed by atoms with Gasteiger partial charge in [-0.1, -0.05) is 30.3 Å². The highest BCUT2D eigenvalue weighted by Gasteiger charge is 2.23. The highest BCUT2D eigenvalue weighted by molar-refractivity contribution is 7.89. The van der Waals surface area contributed by atoms with Gasteiger partial charge < -0.3 is 9.84 Å². The van der Waals surface area contributed by atoms with E-state index in [4.69, 9.17) is 9.88 Å². The molecule has 0 fully saturated rings. The Morgan fingerprint density at radius 2 is 1.79 bits per heavy atom. The van der Waals surface area contributed by atoms with Crippen LogP contribution in [0.2, 0.25) is 0 Å². The van der Waals surface area contributed by atoms with Crippen molar-refractivity contribution in [3.8, 4) is 33.8 Å². The zero-order chi connectivity index (χ0) is 19.7. The first-order valence-corrected chi connectivity index (χ1v) is 10.4. The van der Waals surface area contributed by atoms with E-state index in [9.17, 15) is 13.5 Å². The summed E-state index contributed by atoms with van der Waals surface area (Å²) >= 11 is 1.31. The molecule has 28 heavy (non-hydrogen) atoms. The molecule has 0 bridgehead atoms. The van der Waals surface area contributed by atoms with Crippen LogP contribution < -0.4 is 9.88 Å². The summed E-state index contributed by atoms with van der Waals surface area (Å²) in [5.74, 6) is 0.229. The normalized spacial score (nSPS) is 11.5. The first-order valence-electron chi connectivity index (χ1n) is 8.01. The Bertz CT molecular complexity index is 1200. The molecule has 0 radical (unpaired) electrons. The molecular formula is C18H14N4O4S2. The van der Waals surface area contributed by atoms with Crippen molar-refractivity contribution in [2.75, 3.05) is 0 Å². The molecule has 10 heteroatoms. The maximum atomic E-state index is 11.4. The summed E-state index contributed by atoms with van der Waals surface area (Å²) in [6.45, 7) is 0. The Morgan fingerprint density at radius 1 is 1.07 bits per heavy atom. The van der Waals surface area contributed by atoms with Crippen molar-refractivity contribution in [2.24, 2.45) is 5.14 Å². The lowest BCUT2D eigenvalue weighted by molar-refractivity contribution is 0.390. The van der Waals surface area contributed by atoms with Crippen LogP contribution in [0.25, 0.3) is 16.4 Å². The van der Waals surface area contributed by atoms with Crippen LogP contribution in [0.15, 0.2) is 71.1 Å². The number of hydrogen-bond donors (Lipinski definition) is 2. The number of ether oxygens (including phenoxy) is 1. The van der Waals surface area contributed by atoms with Gasteiger partial charge in [0, 0.05) is 17.1 Å². The van der Waals surface area contributed by atoms with Gasteiger partial charge in [-0.2, -0.15) is 9.78 Å². The third-order valence-corrected chi connectivity index (χ3v) is 5.51. The summed E-state index contributed by atoms with van der Waals surface area (Å²) in [5, 5.41) is 22.5. The first-order chi connectivity index (χ1) is 13.4. The number of nitrogens with two attached hydrogens (primary N) is 1. The van der Waals surface area contributed by atoms with Gasteiger partial charge in [0.25, 0.3) is 5.88 Å². The topological polar surface area (TPSA) is 120 Å². The highest BCUT2D eigenvalue weighted by Crippen LogP contribution is 2.41. The van der Waals surface area contributed by atoms with Crippen molar-refractivity contribution < 1.29 is 18.3 Å². The summed E-state index contributed by atoms with van der Waals surface area (Å²) in [4.78, 5) is 4.13. The summed E-state index contributed by atoms with van der Waals surface area (Å²) < 4.78 is 30.0. The molecule has 0 aliphatic carbocycles. The lowest BCUT2D eigenvalue weighted by Crippen LogP contribution is -2.11. The molecule has 0 saturated heterocycles. The molecule has 0 aliphatic rings. The molecule has 0 atom stereocenters. The molecular weight excluding hydrogens is 400 g/mol. The lowest BCUT2D eigenvalue weighted by Gasteiger charge is -2.07. The van der Waals surface area contributed by atoms with E-state index >= 15 is 0 Å². The molecule has 2 heterocycles. The third-order valence-electron chi connectivity index (χ3n) is 3.84. The molecule has 142 valence electrons. The number of thiazole rings is 1. The minimum absolute atomic E-state index is 0.0363. The molecule has 4 aromatic rings. The summed E-state index contributed by atoms with van der Waals surface area (Å²) in [5.41, 5.74) is 1.16. The van der Waals surface area contributed by atoms with Gasteiger partial charge in [0.05, 0.1) is 4.90 Å². The second-order valence-electron chi connectivity index (χ2n) is 5.71. The molecule has 0 saturated carbocycles. The largest absolute Gasteiger partial charge is 0.490 e. The lowest BCUT2D eigenvalue weighted by atomic mass is 10.1. The fourth-order valence-corrected chi connectivity index (χ4v) is 3.65. The predicted molar refractivity (Wildman–Crippen MR) is 104 cm³/mol. The summed E-state index contributed by atoms with van der Waals surface area (Å²) in [6, 6.07) is 14.8. The van der Waals surface area contributed by atoms with Gasteiger partial charge in [-0.15, -0.1) is 11.3 Å². The standard InChI is InChI=1S/C18H14N4O4S2/c19-28(24,25)14-8-6-13(7-9-14)26-16-15(12-4-2-1-3-5-12)21-22(17(16)23)18-20-10-11-27-18/h1-11,23H,(H2,19,24,25). The van der Waals surface area contributed by atoms with Gasteiger partial charge >= 0.3 is 0 Å². The Hall–Kier alpha value is -3.21. The van der Waals surface area contributed by atoms with Crippen LogP contribution in [0.5, 0.6) is 17.4 Å². The van der Waals surface area contributed by atoms with E-state index in [1.165, 1.54) is 40.3 Å². The SMILES string of the molecule is NS(=O)(=O)c1ccc(Oc2c(-c3ccccc3)nn(-c3nccs3)c2O)cc1. The molecule has 3 N–H and O–H groups in total. The van der Waals surface area contributed by atoms with Gasteiger partial charge in [-0.3, -0.25) is 0 Å². The molecule has 0 amide bonds. The maximum Gasteiger partial charge on any atom is 0.261 e. The number of aromatic nitrogens is 3. The quantitative estimate of drug-likeness (QED) is 0.518. The third kappa shape index (κ3) is 3.48. The van der Waals surface area contributed by atoms with Gasteiger partial charge in [-0.05, 0) is 24.3 Å². The van der Waals surface area contributed by atoms with E-state index in [1.807, 2.05) is 30.3 Å². The Kier molecular flexibility index (Phi) is 4.59. The number of rotatable bonds is 5. The van der Waals surface area contributed by atoms with Crippen LogP contribution in [-0.4, -0.2) is 28.3 Å². The fourth-order valence-electron chi connectivity index (χ4n) is 2.54. The van der Waals surface area contributed by atoms with Crippen molar-refractivity contribution in [3.63, 3.8) is 0 Å². The molecule has 8 nitrogen and oxygen atoms in total. The van der Waals surface area contributed by atoms with Crippen LogP contribution >= 0.6 is 11.3 Å². The number of hydrogen-bond acceptors (Lipinski definition) is 7. The van der Waals surface area contributed by atoms with E-state index in [2.05, 4.69) is 10.1 Å². The van der Waals surface area contributed by atoms with Gasteiger partial charge in [-0.25, -0.2) is 18.5 Å². The predicted octanol–water partition coefficient (Wildman–Crippen LogP) is 3.14. The molecule has 4 rings (SSSR count). The minimum Gasteiger partial charge on any atom is -0.490 e. The van der Waals surface area contributed by atoms with Crippen LogP contribution in [0, 0.1) is 0 Å². The second kappa shape index (κ2) is 7.08. The van der Waals surface area contributed by atoms with Crippen molar-refractivity contribution in [3.05, 3.63) is 66.2 Å². The average Bonchev–Trinajstić information content (AvgIpc) is 3.31. The number of aromatic hydroxyl groups is 1. The van der Waals surface area contributed by atoms with E-state index in [0.717, 1.165) is 5.56 Å². The minimum atomic E-state index is -3.81. The van der Waals surface area contributed by atoms with Gasteiger partial charge in [0.15, 0.2) is 0 Å². The van der Waals surface area contributed by atoms with Crippen molar-refractivity contribution in [2.45, 2.75) is 4.90 Å². The van der Waals surface area contributed by atoms with E-state index < -0.39 is 10.0 Å². The number of benzene rings is 2. The van der Waals surface area contributed by atoms with Gasteiger partial charge in [0.1, 0.15) is 11.4 Å². The highest BCUT2D eigenvalue weighted by atomic mass is 32.2. The van der Waals surface area contributed by atoms with E-state index in [-0.39, 0.29) is 16.5 Å². The molecule has 0 aliphatic heterocycles. The van der Waals surface area contributed by atoms with Crippen LogP contribution in [0.4, 0.5) is 0 Å². The summed E-state index contributed by atoms with van der Waals surface area (Å²) in [6.07, 6.45) is 1.61. The second-order valence-corrected chi connectivity index (χ2v) is 8.15. The van der Waals surface area contributed by atoms with E-state index in [0.29, 0.717) is 16.6 Å². The van der Waals surface area contributed by atoms with Crippen molar-refractivity contribution in [1.29, 1.82) is 0 Å². The Morgan fingerprint density at radius 3 is 2.39 bits per heavy atom. The first kappa shape index (κ1) is 18.2. The zero-order valence-corrected chi connectivity index (χ0v) is 15.9. The van der Waals surface area contributed by atoms with E-state index in [1.54, 1.807) is 11.6 Å². The number of nitrogens with zero attached hydrogens (tertiary/aromatic N) is 3. The zero-order valence-electron chi connectivity index (χ0n) is 14.3. The maximum absolute atomic E-state index is 11.4. The number of primary sulfonamides is 1. The van der Waals surface area contributed by atoms with Crippen LogP contribution in [0.1, 0.15) is 0 Å². The average molecular weight is 414 g/mol. The molecule has 2 aromatic carbocycles. The van der Waals surface area contributed by atoms with Crippen molar-refractivity contribution in [1.82, 2.24) is 14.8 Å². The molecule has 0 unspecified atom stereocenters. The van der Waals surface area contributed by atoms with Gasteiger partial charge in [0.2, 0.25) is 20.9 Å². The smallest absolute Gasteiger partial charge is 0.261 e. The van der Waals surface area contributed by atoms with Crippen LogP contribution in [-0.2, 0) is 10.0 Å². The Labute approximate surface area is 164 Å².